The van der Waals surface area contributed by atoms with E-state index in [9.17, 15) is 18.0 Å². The molecule has 128 valence electrons. The molecule has 1 aliphatic carbocycles. The van der Waals surface area contributed by atoms with Crippen molar-refractivity contribution in [3.8, 4) is 0 Å². The Labute approximate surface area is 132 Å². The Morgan fingerprint density at radius 1 is 1.26 bits per heavy atom. The van der Waals surface area contributed by atoms with Crippen LogP contribution in [-0.2, 0) is 24.3 Å². The number of halogens is 3. The van der Waals surface area contributed by atoms with E-state index in [1.165, 1.54) is 0 Å². The summed E-state index contributed by atoms with van der Waals surface area (Å²) in [5.74, 6) is -0.404. The fraction of sp³-hybridized carbons (Fsp3) is 0.800. The Balaban J connectivity index is 1.67. The maximum atomic E-state index is 12.9. The highest BCUT2D eigenvalue weighted by molar-refractivity contribution is 5.79. The lowest BCUT2D eigenvalue weighted by atomic mass is 9.80. The first-order valence-corrected chi connectivity index (χ1v) is 8.16. The first kappa shape index (κ1) is 16.3. The van der Waals surface area contributed by atoms with Crippen molar-refractivity contribution >= 4 is 5.91 Å². The first-order chi connectivity index (χ1) is 10.9. The van der Waals surface area contributed by atoms with Crippen molar-refractivity contribution in [1.29, 1.82) is 0 Å². The standard InChI is InChI=1S/C15H21F3N4O/c1-2-12-19-20-13-9-21(6-7-22(12)13)14(23)10-4-3-5-11(8-10)15(16,17)18/h10-11H,2-9H2,1H3/t10-,11+/m0/s1. The second-order valence-electron chi connectivity index (χ2n) is 6.40. The number of hydrogen-bond donors (Lipinski definition) is 0. The van der Waals surface area contributed by atoms with E-state index in [0.29, 0.717) is 32.5 Å². The van der Waals surface area contributed by atoms with Gasteiger partial charge in [0, 0.05) is 25.4 Å². The molecule has 0 saturated heterocycles. The van der Waals surface area contributed by atoms with Gasteiger partial charge in [-0.2, -0.15) is 13.2 Å². The molecule has 0 radical (unpaired) electrons. The minimum absolute atomic E-state index is 0.0776. The van der Waals surface area contributed by atoms with Crippen molar-refractivity contribution in [3.63, 3.8) is 0 Å². The molecule has 0 unspecified atom stereocenters. The summed E-state index contributed by atoms with van der Waals surface area (Å²) in [6, 6.07) is 0. The number of hydrogen-bond acceptors (Lipinski definition) is 3. The summed E-state index contributed by atoms with van der Waals surface area (Å²) in [5, 5.41) is 8.19. The Hall–Kier alpha value is -1.60. The molecule has 23 heavy (non-hydrogen) atoms. The van der Waals surface area contributed by atoms with Crippen molar-refractivity contribution in [2.45, 2.75) is 58.3 Å². The topological polar surface area (TPSA) is 51.0 Å². The Morgan fingerprint density at radius 3 is 2.74 bits per heavy atom. The van der Waals surface area contributed by atoms with E-state index in [-0.39, 0.29) is 18.7 Å². The van der Waals surface area contributed by atoms with Crippen molar-refractivity contribution in [1.82, 2.24) is 19.7 Å². The fourth-order valence-electron chi connectivity index (χ4n) is 3.64. The van der Waals surface area contributed by atoms with Crippen LogP contribution < -0.4 is 0 Å². The quantitative estimate of drug-likeness (QED) is 0.837. The maximum absolute atomic E-state index is 12.9. The summed E-state index contributed by atoms with van der Waals surface area (Å²) in [5.41, 5.74) is 0. The van der Waals surface area contributed by atoms with Crippen LogP contribution in [0.4, 0.5) is 13.2 Å². The van der Waals surface area contributed by atoms with Gasteiger partial charge in [0.25, 0.3) is 0 Å². The molecule has 1 amide bonds. The molecule has 0 N–H and O–H groups in total. The molecular formula is C15H21F3N4O. The Bertz CT molecular complexity index is 584. The van der Waals surface area contributed by atoms with Crippen LogP contribution in [0.2, 0.25) is 0 Å². The van der Waals surface area contributed by atoms with Gasteiger partial charge in [-0.15, -0.1) is 10.2 Å². The van der Waals surface area contributed by atoms with E-state index in [2.05, 4.69) is 10.2 Å². The highest BCUT2D eigenvalue weighted by Gasteiger charge is 2.44. The molecular weight excluding hydrogens is 309 g/mol. The van der Waals surface area contributed by atoms with Gasteiger partial charge in [0.2, 0.25) is 5.91 Å². The molecule has 1 aromatic heterocycles. The number of carbonyl (C=O) groups is 1. The van der Waals surface area contributed by atoms with Gasteiger partial charge in [-0.05, 0) is 19.3 Å². The van der Waals surface area contributed by atoms with Crippen molar-refractivity contribution in [3.05, 3.63) is 11.6 Å². The third-order valence-electron chi connectivity index (χ3n) is 4.94. The molecule has 2 heterocycles. The van der Waals surface area contributed by atoms with Crippen LogP contribution in [0.25, 0.3) is 0 Å². The molecule has 2 atom stereocenters. The average Bonchev–Trinajstić information content (AvgIpc) is 2.95. The average molecular weight is 330 g/mol. The summed E-state index contributed by atoms with van der Waals surface area (Å²) in [6.07, 6.45) is -2.35. The van der Waals surface area contributed by atoms with Crippen molar-refractivity contribution < 1.29 is 18.0 Å². The molecule has 0 bridgehead atoms. The number of alkyl halides is 3. The van der Waals surface area contributed by atoms with Crippen LogP contribution in [0, 0.1) is 11.8 Å². The van der Waals surface area contributed by atoms with Crippen molar-refractivity contribution in [2.75, 3.05) is 6.54 Å². The van der Waals surface area contributed by atoms with Crippen molar-refractivity contribution in [2.24, 2.45) is 11.8 Å². The van der Waals surface area contributed by atoms with Crippen LogP contribution >= 0.6 is 0 Å². The van der Waals surface area contributed by atoms with E-state index in [4.69, 9.17) is 0 Å². The predicted molar refractivity (Wildman–Crippen MR) is 76.3 cm³/mol. The highest BCUT2D eigenvalue weighted by atomic mass is 19.4. The molecule has 3 rings (SSSR count). The van der Waals surface area contributed by atoms with E-state index >= 15 is 0 Å². The summed E-state index contributed by atoms with van der Waals surface area (Å²) in [6.45, 7) is 3.48. The minimum Gasteiger partial charge on any atom is -0.333 e. The minimum atomic E-state index is -4.20. The van der Waals surface area contributed by atoms with Gasteiger partial charge in [0.15, 0.2) is 5.82 Å². The SMILES string of the molecule is CCc1nnc2n1CCN(C(=O)[C@H]1CCC[C@@H](C(F)(F)F)C1)C2. The first-order valence-electron chi connectivity index (χ1n) is 8.16. The lowest BCUT2D eigenvalue weighted by Crippen LogP contribution is -2.44. The summed E-state index contributed by atoms with van der Waals surface area (Å²) in [4.78, 5) is 14.3. The van der Waals surface area contributed by atoms with Crippen LogP contribution in [0.15, 0.2) is 0 Å². The van der Waals surface area contributed by atoms with Crippen LogP contribution in [0.5, 0.6) is 0 Å². The van der Waals surface area contributed by atoms with E-state index < -0.39 is 18.0 Å². The zero-order chi connectivity index (χ0) is 16.6. The van der Waals surface area contributed by atoms with Gasteiger partial charge in [-0.1, -0.05) is 13.3 Å². The molecule has 1 aromatic rings. The number of carbonyl (C=O) groups excluding carboxylic acids is 1. The third kappa shape index (κ3) is 3.21. The zero-order valence-corrected chi connectivity index (χ0v) is 13.1. The smallest absolute Gasteiger partial charge is 0.333 e. The molecule has 1 fully saturated rings. The molecule has 8 heteroatoms. The van der Waals surface area contributed by atoms with Crippen LogP contribution in [0.1, 0.15) is 44.3 Å². The van der Waals surface area contributed by atoms with E-state index in [1.54, 1.807) is 4.90 Å². The molecule has 0 spiro atoms. The van der Waals surface area contributed by atoms with Crippen LogP contribution in [-0.4, -0.2) is 38.3 Å². The lowest BCUT2D eigenvalue weighted by Gasteiger charge is -2.35. The van der Waals surface area contributed by atoms with Gasteiger partial charge in [-0.3, -0.25) is 4.79 Å². The second-order valence-corrected chi connectivity index (χ2v) is 6.40. The van der Waals surface area contributed by atoms with Gasteiger partial charge >= 0.3 is 6.18 Å². The van der Waals surface area contributed by atoms with Gasteiger partial charge in [-0.25, -0.2) is 0 Å². The normalized spacial score (nSPS) is 25.3. The molecule has 5 nitrogen and oxygen atoms in total. The van der Waals surface area contributed by atoms with Gasteiger partial charge in [0.05, 0.1) is 12.5 Å². The molecule has 2 aliphatic rings. The number of fused-ring (bicyclic) bond motifs is 1. The number of nitrogens with zero attached hydrogens (tertiary/aromatic N) is 4. The maximum Gasteiger partial charge on any atom is 0.391 e. The Morgan fingerprint density at radius 2 is 2.04 bits per heavy atom. The van der Waals surface area contributed by atoms with Crippen LogP contribution in [0.3, 0.4) is 0 Å². The summed E-state index contributed by atoms with van der Waals surface area (Å²) < 4.78 is 40.7. The van der Waals surface area contributed by atoms with E-state index in [1.807, 2.05) is 11.5 Å². The number of rotatable bonds is 2. The third-order valence-corrected chi connectivity index (χ3v) is 4.94. The number of aromatic nitrogens is 3. The fourth-order valence-corrected chi connectivity index (χ4v) is 3.64. The monoisotopic (exact) mass is 330 g/mol. The second kappa shape index (κ2) is 6.13. The lowest BCUT2D eigenvalue weighted by molar-refractivity contribution is -0.187. The zero-order valence-electron chi connectivity index (χ0n) is 13.1. The van der Waals surface area contributed by atoms with Gasteiger partial charge < -0.3 is 9.47 Å². The molecule has 1 aliphatic heterocycles. The molecule has 0 aromatic carbocycles. The predicted octanol–water partition coefficient (Wildman–Crippen LogP) is 2.55. The largest absolute Gasteiger partial charge is 0.391 e. The number of aryl methyl sites for hydroxylation is 1. The van der Waals surface area contributed by atoms with Gasteiger partial charge in [0.1, 0.15) is 5.82 Å². The Kier molecular flexibility index (Phi) is 4.33. The molecule has 1 saturated carbocycles. The van der Waals surface area contributed by atoms with E-state index in [0.717, 1.165) is 18.1 Å². The number of amides is 1. The highest BCUT2D eigenvalue weighted by Crippen LogP contribution is 2.40. The summed E-state index contributed by atoms with van der Waals surface area (Å²) >= 11 is 0. The summed E-state index contributed by atoms with van der Waals surface area (Å²) in [7, 11) is 0.